The molecular weight excluding hydrogens is 446 g/mol. The summed E-state index contributed by atoms with van der Waals surface area (Å²) < 4.78 is 26.8. The second-order valence-corrected chi connectivity index (χ2v) is 7.16. The number of nitrogens with one attached hydrogen (secondary N) is 1. The lowest BCUT2D eigenvalue weighted by Crippen LogP contribution is -2.17. The van der Waals surface area contributed by atoms with Crippen molar-refractivity contribution < 1.29 is 28.5 Å². The topological polar surface area (TPSA) is 75.3 Å². The first kappa shape index (κ1) is 23.8. The zero-order valence-electron chi connectivity index (χ0n) is 18.7. The van der Waals surface area contributed by atoms with Crippen molar-refractivity contribution in [3.05, 3.63) is 70.7 Å². The summed E-state index contributed by atoms with van der Waals surface area (Å²) in [7, 11) is 6.21. The molecule has 33 heavy (non-hydrogen) atoms. The Bertz CT molecular complexity index is 1140. The average Bonchev–Trinajstić information content (AvgIpc) is 2.82. The van der Waals surface area contributed by atoms with Crippen molar-refractivity contribution in [2.24, 2.45) is 0 Å². The fourth-order valence-electron chi connectivity index (χ4n) is 3.09. The quantitative estimate of drug-likeness (QED) is 0.398. The van der Waals surface area contributed by atoms with Crippen molar-refractivity contribution >= 4 is 35.5 Å². The van der Waals surface area contributed by atoms with E-state index < -0.39 is 6.09 Å². The maximum atomic E-state index is 12.4. The SMILES string of the molecule is COc1ccc(/C=C\c2cc(OC)c(OC)c(OC)c2)cc1NC(=O)Oc1cccc(Cl)c1. The summed E-state index contributed by atoms with van der Waals surface area (Å²) in [5.74, 6) is 2.45. The molecule has 0 aliphatic heterocycles. The lowest BCUT2D eigenvalue weighted by Gasteiger charge is -2.13. The van der Waals surface area contributed by atoms with E-state index in [0.29, 0.717) is 39.5 Å². The minimum atomic E-state index is -0.665. The molecule has 0 bridgehead atoms. The predicted molar refractivity (Wildman–Crippen MR) is 129 cm³/mol. The number of methoxy groups -OCH3 is 4. The molecule has 8 heteroatoms. The molecule has 7 nitrogen and oxygen atoms in total. The monoisotopic (exact) mass is 469 g/mol. The summed E-state index contributed by atoms with van der Waals surface area (Å²) in [6, 6.07) is 15.6. The average molecular weight is 470 g/mol. The van der Waals surface area contributed by atoms with Gasteiger partial charge in [-0.05, 0) is 53.6 Å². The number of ether oxygens (including phenoxy) is 5. The van der Waals surface area contributed by atoms with E-state index in [-0.39, 0.29) is 0 Å². The third-order valence-corrected chi connectivity index (χ3v) is 4.86. The van der Waals surface area contributed by atoms with Gasteiger partial charge < -0.3 is 23.7 Å². The first-order valence-electron chi connectivity index (χ1n) is 9.88. The van der Waals surface area contributed by atoms with Crippen LogP contribution < -0.4 is 29.0 Å². The van der Waals surface area contributed by atoms with Crippen LogP contribution >= 0.6 is 11.6 Å². The molecular formula is C25H24ClNO6. The van der Waals surface area contributed by atoms with Gasteiger partial charge in [-0.2, -0.15) is 0 Å². The highest BCUT2D eigenvalue weighted by molar-refractivity contribution is 6.30. The normalized spacial score (nSPS) is 10.6. The van der Waals surface area contributed by atoms with Crippen LogP contribution in [-0.2, 0) is 0 Å². The van der Waals surface area contributed by atoms with Gasteiger partial charge >= 0.3 is 6.09 Å². The van der Waals surface area contributed by atoms with Crippen LogP contribution in [-0.4, -0.2) is 34.5 Å². The fraction of sp³-hybridized carbons (Fsp3) is 0.160. The van der Waals surface area contributed by atoms with Gasteiger partial charge in [0.1, 0.15) is 11.5 Å². The highest BCUT2D eigenvalue weighted by atomic mass is 35.5. The van der Waals surface area contributed by atoms with E-state index in [1.165, 1.54) is 7.11 Å². The molecule has 3 aromatic carbocycles. The van der Waals surface area contributed by atoms with Crippen LogP contribution in [0.4, 0.5) is 10.5 Å². The van der Waals surface area contributed by atoms with Crippen LogP contribution in [0.25, 0.3) is 12.2 Å². The number of benzene rings is 3. The molecule has 0 unspecified atom stereocenters. The Morgan fingerprint density at radius 1 is 0.788 bits per heavy atom. The van der Waals surface area contributed by atoms with Crippen molar-refractivity contribution in [3.63, 3.8) is 0 Å². The molecule has 3 aromatic rings. The fourth-order valence-corrected chi connectivity index (χ4v) is 3.27. The van der Waals surface area contributed by atoms with Crippen LogP contribution in [0, 0.1) is 0 Å². The van der Waals surface area contributed by atoms with E-state index in [9.17, 15) is 4.79 Å². The van der Waals surface area contributed by atoms with Gasteiger partial charge in [-0.25, -0.2) is 4.79 Å². The van der Waals surface area contributed by atoms with E-state index in [0.717, 1.165) is 11.1 Å². The molecule has 0 radical (unpaired) electrons. The molecule has 3 rings (SSSR count). The molecule has 0 heterocycles. The van der Waals surface area contributed by atoms with E-state index >= 15 is 0 Å². The van der Waals surface area contributed by atoms with Crippen LogP contribution in [0.3, 0.4) is 0 Å². The van der Waals surface area contributed by atoms with Gasteiger partial charge in [0, 0.05) is 5.02 Å². The molecule has 0 atom stereocenters. The van der Waals surface area contributed by atoms with Crippen LogP contribution in [0.2, 0.25) is 5.02 Å². The molecule has 172 valence electrons. The van der Waals surface area contributed by atoms with Crippen molar-refractivity contribution in [1.29, 1.82) is 0 Å². The summed E-state index contributed by atoms with van der Waals surface area (Å²) in [6.45, 7) is 0. The predicted octanol–water partition coefficient (Wildman–Crippen LogP) is 6.16. The largest absolute Gasteiger partial charge is 0.495 e. The molecule has 0 saturated carbocycles. The number of carbonyl (C=O) groups is 1. The van der Waals surface area contributed by atoms with Gasteiger partial charge in [-0.15, -0.1) is 0 Å². The number of rotatable bonds is 8. The number of carbonyl (C=O) groups excluding carboxylic acids is 1. The molecule has 1 N–H and O–H groups in total. The molecule has 0 aliphatic rings. The van der Waals surface area contributed by atoms with E-state index in [1.807, 2.05) is 30.4 Å². The molecule has 0 spiro atoms. The van der Waals surface area contributed by atoms with Gasteiger partial charge in [0.2, 0.25) is 5.75 Å². The van der Waals surface area contributed by atoms with Crippen molar-refractivity contribution in [2.45, 2.75) is 0 Å². The van der Waals surface area contributed by atoms with Crippen LogP contribution in [0.1, 0.15) is 11.1 Å². The Morgan fingerprint density at radius 3 is 2.06 bits per heavy atom. The number of halogens is 1. The Kier molecular flexibility index (Phi) is 8.05. The number of amides is 1. The second kappa shape index (κ2) is 11.2. The Labute approximate surface area is 197 Å². The molecule has 0 aromatic heterocycles. The summed E-state index contributed by atoms with van der Waals surface area (Å²) in [4.78, 5) is 12.4. The van der Waals surface area contributed by atoms with E-state index in [4.69, 9.17) is 35.3 Å². The summed E-state index contributed by atoms with van der Waals surface area (Å²) >= 11 is 5.94. The first-order chi connectivity index (χ1) is 16.0. The molecule has 0 saturated heterocycles. The van der Waals surface area contributed by atoms with Crippen molar-refractivity contribution in [1.82, 2.24) is 0 Å². The smallest absolute Gasteiger partial charge is 0.417 e. The molecule has 0 fully saturated rings. The summed E-state index contributed by atoms with van der Waals surface area (Å²) in [5.41, 5.74) is 2.12. The van der Waals surface area contributed by atoms with Gasteiger partial charge in [-0.1, -0.05) is 35.9 Å². The number of hydrogen-bond donors (Lipinski definition) is 1. The van der Waals surface area contributed by atoms with Gasteiger partial charge in [0.25, 0.3) is 0 Å². The van der Waals surface area contributed by atoms with Gasteiger partial charge in [0.05, 0.1) is 34.1 Å². The van der Waals surface area contributed by atoms with Crippen molar-refractivity contribution in [2.75, 3.05) is 33.8 Å². The van der Waals surface area contributed by atoms with Crippen molar-refractivity contribution in [3.8, 4) is 28.7 Å². The molecule has 1 amide bonds. The highest BCUT2D eigenvalue weighted by Gasteiger charge is 2.13. The maximum absolute atomic E-state index is 12.4. The lowest BCUT2D eigenvalue weighted by molar-refractivity contribution is 0.215. The standard InChI is InChI=1S/C25H24ClNO6/c1-29-21-11-10-16(8-9-17-13-22(30-2)24(32-4)23(14-17)31-3)12-20(21)27-25(28)33-19-7-5-6-18(26)15-19/h5-15H,1-4H3,(H,27,28)/b9-8-. The highest BCUT2D eigenvalue weighted by Crippen LogP contribution is 2.38. The molecule has 0 aliphatic carbocycles. The summed E-state index contributed by atoms with van der Waals surface area (Å²) in [5, 5.41) is 3.17. The zero-order valence-corrected chi connectivity index (χ0v) is 19.4. The Balaban J connectivity index is 1.82. The minimum absolute atomic E-state index is 0.331. The van der Waals surface area contributed by atoms with Crippen LogP contribution in [0.5, 0.6) is 28.7 Å². The summed E-state index contributed by atoms with van der Waals surface area (Å²) in [6.07, 6.45) is 3.11. The second-order valence-electron chi connectivity index (χ2n) is 6.72. The van der Waals surface area contributed by atoms with E-state index in [1.54, 1.807) is 57.7 Å². The van der Waals surface area contributed by atoms with Crippen LogP contribution in [0.15, 0.2) is 54.6 Å². The minimum Gasteiger partial charge on any atom is -0.495 e. The van der Waals surface area contributed by atoms with Gasteiger partial charge in [0.15, 0.2) is 11.5 Å². The lowest BCUT2D eigenvalue weighted by atomic mass is 10.1. The Morgan fingerprint density at radius 2 is 1.45 bits per heavy atom. The number of anilines is 1. The van der Waals surface area contributed by atoms with E-state index in [2.05, 4.69) is 5.32 Å². The van der Waals surface area contributed by atoms with Gasteiger partial charge in [-0.3, -0.25) is 5.32 Å². The zero-order chi connectivity index (χ0) is 23.8. The Hall–Kier alpha value is -3.84. The number of hydrogen-bond acceptors (Lipinski definition) is 6. The third kappa shape index (κ3) is 6.11. The maximum Gasteiger partial charge on any atom is 0.417 e. The first-order valence-corrected chi connectivity index (χ1v) is 10.3. The third-order valence-electron chi connectivity index (χ3n) is 4.62.